The molecule has 0 radical (unpaired) electrons. The Kier molecular flexibility index (Phi) is 5.35. The quantitative estimate of drug-likeness (QED) is 0.675. The van der Waals surface area contributed by atoms with Crippen molar-refractivity contribution in [3.63, 3.8) is 0 Å². The van der Waals surface area contributed by atoms with Gasteiger partial charge < -0.3 is 15.0 Å². The zero-order chi connectivity index (χ0) is 21.1. The van der Waals surface area contributed by atoms with E-state index in [9.17, 15) is 9.59 Å². The van der Waals surface area contributed by atoms with Gasteiger partial charge in [0.05, 0.1) is 5.69 Å². The van der Waals surface area contributed by atoms with E-state index in [1.54, 1.807) is 31.1 Å². The molecule has 0 bridgehead atoms. The van der Waals surface area contributed by atoms with Gasteiger partial charge in [0.1, 0.15) is 0 Å². The molecule has 2 amide bonds. The van der Waals surface area contributed by atoms with Gasteiger partial charge in [-0.25, -0.2) is 0 Å². The minimum absolute atomic E-state index is 0.155. The SMILES string of the molecule is CNC(=O)c1ccc(/C(Cc2ccccc2)=C2/Oc3ccccc3N(C)C2=O)cc1. The van der Waals surface area contributed by atoms with Crippen molar-refractivity contribution in [3.8, 4) is 5.75 Å². The first-order chi connectivity index (χ1) is 14.6. The molecule has 0 atom stereocenters. The van der Waals surface area contributed by atoms with Crippen LogP contribution in [0.3, 0.4) is 0 Å². The summed E-state index contributed by atoms with van der Waals surface area (Å²) in [4.78, 5) is 26.7. The van der Waals surface area contributed by atoms with Gasteiger partial charge >= 0.3 is 0 Å². The molecule has 0 fully saturated rings. The Morgan fingerprint density at radius 1 is 0.900 bits per heavy atom. The molecule has 1 heterocycles. The van der Waals surface area contributed by atoms with E-state index in [1.807, 2.05) is 66.7 Å². The Bertz CT molecular complexity index is 1120. The first-order valence-electron chi connectivity index (χ1n) is 9.73. The van der Waals surface area contributed by atoms with Gasteiger partial charge in [-0.3, -0.25) is 9.59 Å². The Balaban J connectivity index is 1.83. The molecule has 1 aliphatic heterocycles. The lowest BCUT2D eigenvalue weighted by Gasteiger charge is -2.29. The van der Waals surface area contributed by atoms with Crippen LogP contribution >= 0.6 is 0 Å². The minimum atomic E-state index is -0.199. The van der Waals surface area contributed by atoms with Crippen molar-refractivity contribution in [2.24, 2.45) is 0 Å². The summed E-state index contributed by atoms with van der Waals surface area (Å²) in [5, 5.41) is 2.62. The summed E-state index contributed by atoms with van der Waals surface area (Å²) in [5.41, 5.74) is 3.97. The van der Waals surface area contributed by atoms with E-state index in [0.29, 0.717) is 23.5 Å². The number of benzene rings is 3. The van der Waals surface area contributed by atoms with E-state index in [4.69, 9.17) is 4.74 Å². The fraction of sp³-hybridized carbons (Fsp3) is 0.120. The second-order valence-corrected chi connectivity index (χ2v) is 7.06. The largest absolute Gasteiger partial charge is 0.449 e. The summed E-state index contributed by atoms with van der Waals surface area (Å²) in [6, 6.07) is 24.6. The van der Waals surface area contributed by atoms with Crippen molar-refractivity contribution in [1.82, 2.24) is 5.32 Å². The number of fused-ring (bicyclic) bond motifs is 1. The molecular formula is C25H22N2O3. The standard InChI is InChI=1S/C25H22N2O3/c1-26-24(28)19-14-12-18(13-15-19)20(16-17-8-4-3-5-9-17)23-25(29)27(2)21-10-6-7-11-22(21)30-23/h3-15H,16H2,1-2H3,(H,26,28)/b23-20+. The molecule has 0 unspecified atom stereocenters. The van der Waals surface area contributed by atoms with E-state index >= 15 is 0 Å². The molecule has 150 valence electrons. The number of hydrogen-bond donors (Lipinski definition) is 1. The van der Waals surface area contributed by atoms with Crippen molar-refractivity contribution in [1.29, 1.82) is 0 Å². The van der Waals surface area contributed by atoms with E-state index in [-0.39, 0.29) is 11.8 Å². The Hall–Kier alpha value is -3.86. The van der Waals surface area contributed by atoms with Crippen molar-refractivity contribution in [2.45, 2.75) is 6.42 Å². The van der Waals surface area contributed by atoms with Crippen molar-refractivity contribution >= 4 is 23.1 Å². The summed E-state index contributed by atoms with van der Waals surface area (Å²) in [5.74, 6) is 0.586. The lowest BCUT2D eigenvalue weighted by molar-refractivity contribution is -0.117. The van der Waals surface area contributed by atoms with Gasteiger partial charge in [-0.15, -0.1) is 0 Å². The zero-order valence-electron chi connectivity index (χ0n) is 16.9. The highest BCUT2D eigenvalue weighted by atomic mass is 16.5. The van der Waals surface area contributed by atoms with Gasteiger partial charge in [-0.05, 0) is 35.4 Å². The van der Waals surface area contributed by atoms with Gasteiger partial charge in [0, 0.05) is 31.7 Å². The van der Waals surface area contributed by atoms with Crippen LogP contribution in [0.15, 0.2) is 84.6 Å². The molecular weight excluding hydrogens is 376 g/mol. The summed E-state index contributed by atoms with van der Waals surface area (Å²) >= 11 is 0. The molecule has 4 rings (SSSR count). The van der Waals surface area contributed by atoms with E-state index in [1.165, 1.54) is 0 Å². The lowest BCUT2D eigenvalue weighted by Crippen LogP contribution is -2.34. The van der Waals surface area contributed by atoms with E-state index in [0.717, 1.165) is 22.4 Å². The lowest BCUT2D eigenvalue weighted by atomic mass is 9.95. The van der Waals surface area contributed by atoms with Crippen molar-refractivity contribution in [2.75, 3.05) is 19.0 Å². The molecule has 5 nitrogen and oxygen atoms in total. The number of para-hydroxylation sites is 2. The highest BCUT2D eigenvalue weighted by Crippen LogP contribution is 2.37. The molecule has 0 aliphatic carbocycles. The predicted molar refractivity (Wildman–Crippen MR) is 117 cm³/mol. The van der Waals surface area contributed by atoms with Gasteiger partial charge in [0.15, 0.2) is 11.5 Å². The molecule has 1 N–H and O–H groups in total. The van der Waals surface area contributed by atoms with Crippen LogP contribution in [-0.2, 0) is 11.2 Å². The number of amides is 2. The number of nitrogens with zero attached hydrogens (tertiary/aromatic N) is 1. The first-order valence-corrected chi connectivity index (χ1v) is 9.73. The van der Waals surface area contributed by atoms with E-state index < -0.39 is 0 Å². The molecule has 5 heteroatoms. The molecule has 0 spiro atoms. The van der Waals surface area contributed by atoms with Gasteiger partial charge in [0.2, 0.25) is 0 Å². The highest BCUT2D eigenvalue weighted by molar-refractivity contribution is 6.11. The molecule has 0 aromatic heterocycles. The Labute approximate surface area is 175 Å². The van der Waals surface area contributed by atoms with Crippen LogP contribution in [0.5, 0.6) is 5.75 Å². The van der Waals surface area contributed by atoms with E-state index in [2.05, 4.69) is 5.32 Å². The minimum Gasteiger partial charge on any atom is -0.449 e. The zero-order valence-corrected chi connectivity index (χ0v) is 16.9. The molecule has 0 saturated heterocycles. The molecule has 1 aliphatic rings. The molecule has 30 heavy (non-hydrogen) atoms. The number of nitrogens with one attached hydrogen (secondary N) is 1. The fourth-order valence-electron chi connectivity index (χ4n) is 3.51. The number of likely N-dealkylation sites (N-methyl/N-ethyl adjacent to an activating group) is 1. The predicted octanol–water partition coefficient (Wildman–Crippen LogP) is 4.06. The van der Waals surface area contributed by atoms with Crippen LogP contribution in [-0.4, -0.2) is 25.9 Å². The van der Waals surface area contributed by atoms with Crippen LogP contribution in [0.1, 0.15) is 21.5 Å². The summed E-state index contributed by atoms with van der Waals surface area (Å²) in [6.45, 7) is 0. The maximum absolute atomic E-state index is 13.2. The Morgan fingerprint density at radius 2 is 1.53 bits per heavy atom. The average Bonchev–Trinajstić information content (AvgIpc) is 2.80. The number of anilines is 1. The summed E-state index contributed by atoms with van der Waals surface area (Å²) in [6.07, 6.45) is 0.525. The third kappa shape index (κ3) is 3.70. The maximum atomic E-state index is 13.2. The normalized spacial score (nSPS) is 14.6. The van der Waals surface area contributed by atoms with Gasteiger partial charge in [-0.1, -0.05) is 54.6 Å². The van der Waals surface area contributed by atoms with Crippen LogP contribution in [0.4, 0.5) is 5.69 Å². The highest BCUT2D eigenvalue weighted by Gasteiger charge is 2.30. The third-order valence-corrected chi connectivity index (χ3v) is 5.16. The maximum Gasteiger partial charge on any atom is 0.294 e. The number of carbonyl (C=O) groups excluding carboxylic acids is 2. The topological polar surface area (TPSA) is 58.6 Å². The third-order valence-electron chi connectivity index (χ3n) is 5.16. The monoisotopic (exact) mass is 398 g/mol. The van der Waals surface area contributed by atoms with Crippen LogP contribution in [0, 0.1) is 0 Å². The number of allylic oxidation sites excluding steroid dienone is 1. The van der Waals surface area contributed by atoms with Gasteiger partial charge in [-0.2, -0.15) is 0 Å². The summed E-state index contributed by atoms with van der Waals surface area (Å²) < 4.78 is 6.11. The second kappa shape index (κ2) is 8.25. The van der Waals surface area contributed by atoms with Crippen molar-refractivity contribution in [3.05, 3.63) is 101 Å². The van der Waals surface area contributed by atoms with Gasteiger partial charge in [0.25, 0.3) is 11.8 Å². The second-order valence-electron chi connectivity index (χ2n) is 7.06. The number of hydrogen-bond acceptors (Lipinski definition) is 3. The Morgan fingerprint density at radius 3 is 2.23 bits per heavy atom. The average molecular weight is 398 g/mol. The first kappa shape index (κ1) is 19.5. The smallest absolute Gasteiger partial charge is 0.294 e. The molecule has 3 aromatic carbocycles. The molecule has 0 saturated carbocycles. The van der Waals surface area contributed by atoms with Crippen LogP contribution in [0.25, 0.3) is 5.57 Å². The number of ether oxygens (including phenoxy) is 1. The van der Waals surface area contributed by atoms with Crippen LogP contribution in [0.2, 0.25) is 0 Å². The van der Waals surface area contributed by atoms with Crippen LogP contribution < -0.4 is 15.0 Å². The summed E-state index contributed by atoms with van der Waals surface area (Å²) in [7, 11) is 3.35. The number of carbonyl (C=O) groups is 2. The van der Waals surface area contributed by atoms with Crippen molar-refractivity contribution < 1.29 is 14.3 Å². The molecule has 3 aromatic rings. The number of rotatable bonds is 4. The fourth-order valence-corrected chi connectivity index (χ4v) is 3.51.